The first kappa shape index (κ1) is 73.8. The van der Waals surface area contributed by atoms with E-state index < -0.39 is 144 Å². The number of phenolic OH excluding ortho intramolecular Hbond substituents is 1. The van der Waals surface area contributed by atoms with E-state index >= 15 is 9.59 Å². The van der Waals surface area contributed by atoms with Crippen LogP contribution in [0.4, 0.5) is 8.78 Å². The number of carbonyl (C=O) groups excluding carboxylic acids is 10. The number of halogens is 2. The molecular formula is C72H88F2N10O12S2. The summed E-state index contributed by atoms with van der Waals surface area (Å²) >= 11 is 2.87. The molecule has 0 radical (unpaired) electrons. The first-order chi connectivity index (χ1) is 47.0. The number of nitrogens with one attached hydrogen (secondary N) is 6. The first-order valence-corrected chi connectivity index (χ1v) is 35.9. The van der Waals surface area contributed by atoms with Gasteiger partial charge in [-0.15, -0.1) is 0 Å². The Kier molecular flexibility index (Phi) is 25.9. The number of amides is 7. The van der Waals surface area contributed by atoms with Gasteiger partial charge in [0.05, 0.1) is 24.2 Å². The van der Waals surface area contributed by atoms with Crippen LogP contribution in [0.5, 0.6) is 5.75 Å². The van der Waals surface area contributed by atoms with Gasteiger partial charge in [0.25, 0.3) is 0 Å². The third-order valence-corrected chi connectivity index (χ3v) is 21.1. The van der Waals surface area contributed by atoms with Gasteiger partial charge >= 0.3 is 0 Å². The third-order valence-electron chi connectivity index (χ3n) is 19.0. The molecule has 3 aliphatic heterocycles. The number of rotatable bonds is 12. The Hall–Kier alpha value is -8.46. The van der Waals surface area contributed by atoms with Crippen LogP contribution in [-0.2, 0) is 78.7 Å². The van der Waals surface area contributed by atoms with Crippen LogP contribution in [0.2, 0.25) is 0 Å². The van der Waals surface area contributed by atoms with Gasteiger partial charge in [0.15, 0.2) is 17.3 Å². The Labute approximate surface area is 576 Å². The average molecular weight is 1390 g/mol. The number of Topliss-reactive ketones (excluding diaryl/α,β-unsaturated/α-hetero) is 3. The van der Waals surface area contributed by atoms with E-state index in [1.54, 1.807) is 31.5 Å². The number of primary amides is 1. The molecule has 9 rings (SSSR count). The molecule has 2 bridgehead atoms. The number of H-pyrrole nitrogens is 2. The Morgan fingerprint density at radius 2 is 1.32 bits per heavy atom. The van der Waals surface area contributed by atoms with Crippen LogP contribution in [0.3, 0.4) is 0 Å². The summed E-state index contributed by atoms with van der Waals surface area (Å²) in [4.78, 5) is 153. The van der Waals surface area contributed by atoms with E-state index in [0.29, 0.717) is 88.0 Å². The number of phenols is 1. The van der Waals surface area contributed by atoms with Crippen molar-refractivity contribution in [3.63, 3.8) is 0 Å². The van der Waals surface area contributed by atoms with Crippen LogP contribution in [0, 0.1) is 23.5 Å². The van der Waals surface area contributed by atoms with Crippen LogP contribution in [0.25, 0.3) is 21.8 Å². The third kappa shape index (κ3) is 19.5. The SMILES string of the molecule is C[C@@H](O)[C@H]1CC(=O)N[C@@H](Cc2ccc(O)cc2)C(=O)N2CCC[C@@]2(C)C(=O)N[C@H](C(N)=O)CSCc2cccc(c2)CSCCC(=O)N[C@@H](CCCCN)C(=O)CCC(=O)N[C@@H](Cc2c[nH]c3ccc(F)cc23)C(=O)C[C@@H](Cc2c[nH]c3ccc(F)cc23)C(=O)N2CCC[C@H]2C(=O)C1. The predicted octanol–water partition coefficient (Wildman–Crippen LogP) is 6.43. The summed E-state index contributed by atoms with van der Waals surface area (Å²) in [6.07, 6.45) is 1.96. The molecule has 2 aromatic heterocycles. The summed E-state index contributed by atoms with van der Waals surface area (Å²) in [6.45, 7) is 3.54. The average Bonchev–Trinajstić information content (AvgIpc) is 1.58. The maximum Gasteiger partial charge on any atom is 0.246 e. The van der Waals surface area contributed by atoms with Gasteiger partial charge in [0.2, 0.25) is 41.4 Å². The minimum absolute atomic E-state index is 0.0451. The molecule has 26 heteroatoms. The molecule has 6 aromatic rings. The van der Waals surface area contributed by atoms with E-state index in [2.05, 4.69) is 31.2 Å². The van der Waals surface area contributed by atoms with E-state index in [0.717, 1.165) is 11.1 Å². The number of benzene rings is 4. The number of fused-ring (bicyclic) bond motifs is 6. The standard InChI is InChI=1S/C72H88F2N10O12S2/c1-42(85)46-32-64(89)61-11-6-25-83(61)69(94)47(30-48-37-77-55-18-14-50(73)35-53(48)55)33-63(88)58(31-49-38-78-56-19-15-51(74)36-54(49)56)80-65(90)21-20-62(87)57(10-3-4-24-75)79-66(91)22-27-97-39-44-8-5-9-45(28-44)40-98-41-60(68(76)93)82-71(96)72(2)23-7-26-84(72)70(95)59(81-67(92)34-46)29-43-12-16-52(86)17-13-43/h5,8-9,12-19,28,35-38,42,46-47,57-61,77-78,85-86H,3-4,6-7,10-11,20-27,29-34,39-41,75H2,1-2H3,(H2,76,93)(H,79,91)(H,80,90)(H,81,92)(H,82,96)/t42-,46-,47-,57+,58+,59+,60+,61+,72+/m1/s1. The highest BCUT2D eigenvalue weighted by Crippen LogP contribution is 2.34. The lowest BCUT2D eigenvalue weighted by atomic mass is 9.87. The van der Waals surface area contributed by atoms with Crippen LogP contribution in [-0.4, -0.2) is 162 Å². The summed E-state index contributed by atoms with van der Waals surface area (Å²) in [5.74, 6) is -7.94. The summed E-state index contributed by atoms with van der Waals surface area (Å²) < 4.78 is 29.8. The van der Waals surface area contributed by atoms with Crippen LogP contribution >= 0.6 is 23.5 Å². The molecule has 2 saturated heterocycles. The van der Waals surface area contributed by atoms with Gasteiger partial charge < -0.3 is 62.7 Å². The van der Waals surface area contributed by atoms with E-state index in [9.17, 15) is 57.4 Å². The topological polar surface area (TPSA) is 349 Å². The number of nitrogens with zero attached hydrogens (tertiary/aromatic N) is 2. The van der Waals surface area contributed by atoms with E-state index in [4.69, 9.17) is 11.5 Å². The van der Waals surface area contributed by atoms with Gasteiger partial charge in [-0.25, -0.2) is 8.78 Å². The predicted molar refractivity (Wildman–Crippen MR) is 370 cm³/mol. The molecular weight excluding hydrogens is 1300 g/mol. The van der Waals surface area contributed by atoms with Crippen molar-refractivity contribution >= 4 is 104 Å². The van der Waals surface area contributed by atoms with Gasteiger partial charge in [-0.05, 0) is 148 Å². The fraction of sp³-hybridized carbons (Fsp3) is 0.472. The minimum atomic E-state index is -1.51. The van der Waals surface area contributed by atoms with Gasteiger partial charge in [-0.1, -0.05) is 36.4 Å². The smallest absolute Gasteiger partial charge is 0.246 e. The Morgan fingerprint density at radius 1 is 0.673 bits per heavy atom. The number of hydrogen-bond acceptors (Lipinski definition) is 15. The maximum absolute atomic E-state index is 15.4. The number of aromatic amines is 2. The zero-order valence-electron chi connectivity index (χ0n) is 55.2. The van der Waals surface area contributed by atoms with Crippen molar-refractivity contribution < 1.29 is 66.9 Å². The van der Waals surface area contributed by atoms with Crippen LogP contribution < -0.4 is 32.7 Å². The number of carbonyl (C=O) groups is 10. The normalized spacial score (nSPS) is 24.5. The highest BCUT2D eigenvalue weighted by atomic mass is 32.2. The Balaban J connectivity index is 1.02. The molecule has 7 amide bonds. The quantitative estimate of drug-likeness (QED) is 0.0590. The molecule has 0 saturated carbocycles. The number of aliphatic hydroxyl groups excluding tert-OH is 1. The zero-order chi connectivity index (χ0) is 70.2. The molecule has 9 atom stereocenters. The van der Waals surface area contributed by atoms with Crippen molar-refractivity contribution in [2.45, 2.75) is 170 Å². The van der Waals surface area contributed by atoms with E-state index in [1.807, 2.05) is 24.3 Å². The largest absolute Gasteiger partial charge is 0.508 e. The molecule has 2 fully saturated rings. The fourth-order valence-corrected chi connectivity index (χ4v) is 15.3. The van der Waals surface area contributed by atoms with Gasteiger partial charge in [-0.2, -0.15) is 23.5 Å². The second-order valence-corrected chi connectivity index (χ2v) is 28.4. The molecule has 5 heterocycles. The van der Waals surface area contributed by atoms with E-state index in [-0.39, 0.29) is 81.9 Å². The minimum Gasteiger partial charge on any atom is -0.508 e. The molecule has 0 unspecified atom stereocenters. The molecule has 0 aliphatic carbocycles. The lowest BCUT2D eigenvalue weighted by Crippen LogP contribution is -2.62. The molecule has 98 heavy (non-hydrogen) atoms. The van der Waals surface area contributed by atoms with Crippen molar-refractivity contribution in [1.29, 1.82) is 0 Å². The number of thioether (sulfide) groups is 2. The number of nitrogens with two attached hydrogens (primary N) is 2. The lowest BCUT2D eigenvalue weighted by molar-refractivity contribution is -0.147. The summed E-state index contributed by atoms with van der Waals surface area (Å²) in [5, 5.41) is 33.6. The number of hydrogen-bond donors (Lipinski definition) is 10. The molecule has 12 N–H and O–H groups in total. The molecule has 524 valence electrons. The van der Waals surface area contributed by atoms with E-state index in [1.165, 1.54) is 88.8 Å². The van der Waals surface area contributed by atoms with Gasteiger partial charge in [-0.3, -0.25) is 47.9 Å². The monoisotopic (exact) mass is 1390 g/mol. The van der Waals surface area contributed by atoms with Crippen molar-refractivity contribution in [3.8, 4) is 5.75 Å². The summed E-state index contributed by atoms with van der Waals surface area (Å²) in [6, 6.07) is 16.1. The maximum atomic E-state index is 15.4. The number of unbranched alkanes of at least 4 members (excludes halogenated alkanes) is 1. The molecule has 22 nitrogen and oxygen atoms in total. The number of aliphatic hydroxyl groups is 1. The Bertz CT molecular complexity index is 3880. The first-order valence-electron chi connectivity index (χ1n) is 33.6. The highest BCUT2D eigenvalue weighted by molar-refractivity contribution is 7.98. The summed E-state index contributed by atoms with van der Waals surface area (Å²) in [5.41, 5.74) is 14.6. The van der Waals surface area contributed by atoms with Gasteiger partial charge in [0.1, 0.15) is 35.0 Å². The zero-order valence-corrected chi connectivity index (χ0v) is 56.9. The lowest BCUT2D eigenvalue weighted by Gasteiger charge is -2.37. The van der Waals surface area contributed by atoms with Crippen molar-refractivity contribution in [1.82, 2.24) is 41.0 Å². The second-order valence-electron chi connectivity index (χ2n) is 26.3. The summed E-state index contributed by atoms with van der Waals surface area (Å²) in [7, 11) is 0. The van der Waals surface area contributed by atoms with Crippen molar-refractivity contribution in [3.05, 3.63) is 137 Å². The van der Waals surface area contributed by atoms with Crippen LogP contribution in [0.15, 0.2) is 97.3 Å². The van der Waals surface area contributed by atoms with Gasteiger partial charge in [0, 0.05) is 134 Å². The van der Waals surface area contributed by atoms with Crippen molar-refractivity contribution in [2.24, 2.45) is 23.3 Å². The number of ketones is 3. The highest BCUT2D eigenvalue weighted by Gasteiger charge is 2.49. The second kappa shape index (κ2) is 34.4. The number of aromatic hydroxyl groups is 1. The van der Waals surface area contributed by atoms with Crippen LogP contribution in [0.1, 0.15) is 125 Å². The van der Waals surface area contributed by atoms with Crippen molar-refractivity contribution in [2.75, 3.05) is 31.1 Å². The molecule has 4 aromatic carbocycles. The number of aromatic nitrogens is 2. The fourth-order valence-electron chi connectivity index (χ4n) is 13.4. The molecule has 3 aliphatic rings. The molecule has 0 spiro atoms. The Morgan fingerprint density at radius 3 is 1.98 bits per heavy atom.